The molecule has 0 radical (unpaired) electrons. The molecule has 6 heteroatoms. The largest absolute Gasteiger partial charge is 0.396 e. The SMILES string of the molecule is Nc1cc(Cl)cnc1Nc1ccc(Cl)c(Cl)c1. The standard InChI is InChI=1S/C11H8Cl3N3/c12-6-3-10(15)11(16-5-6)17-7-1-2-8(13)9(14)4-7/h1-5H,15H2,(H,16,17). The van der Waals surface area contributed by atoms with Crippen LogP contribution < -0.4 is 11.1 Å². The third-order valence-electron chi connectivity index (χ3n) is 2.07. The van der Waals surface area contributed by atoms with Gasteiger partial charge in [-0.05, 0) is 24.3 Å². The second-order valence-corrected chi connectivity index (χ2v) is 4.60. The molecular formula is C11H8Cl3N3. The first-order chi connectivity index (χ1) is 8.06. The van der Waals surface area contributed by atoms with Crippen molar-refractivity contribution in [1.82, 2.24) is 4.98 Å². The molecule has 1 aromatic carbocycles. The number of aromatic nitrogens is 1. The Bertz CT molecular complexity index is 558. The van der Waals surface area contributed by atoms with Crippen LogP contribution in [0.5, 0.6) is 0 Å². The molecule has 0 unspecified atom stereocenters. The fourth-order valence-corrected chi connectivity index (χ4v) is 1.73. The number of halogens is 3. The van der Waals surface area contributed by atoms with Crippen LogP contribution in [-0.2, 0) is 0 Å². The van der Waals surface area contributed by atoms with Crippen molar-refractivity contribution in [2.24, 2.45) is 0 Å². The average Bonchev–Trinajstić information content (AvgIpc) is 2.27. The van der Waals surface area contributed by atoms with Gasteiger partial charge in [-0.15, -0.1) is 0 Å². The molecule has 0 atom stereocenters. The van der Waals surface area contributed by atoms with Gasteiger partial charge in [0.05, 0.1) is 20.8 Å². The number of nitrogens with one attached hydrogen (secondary N) is 1. The van der Waals surface area contributed by atoms with Crippen molar-refractivity contribution in [3.8, 4) is 0 Å². The highest BCUT2D eigenvalue weighted by Crippen LogP contribution is 2.28. The smallest absolute Gasteiger partial charge is 0.153 e. The van der Waals surface area contributed by atoms with E-state index in [0.717, 1.165) is 5.69 Å². The highest BCUT2D eigenvalue weighted by molar-refractivity contribution is 6.42. The quantitative estimate of drug-likeness (QED) is 0.863. The Balaban J connectivity index is 2.28. The molecule has 0 bridgehead atoms. The van der Waals surface area contributed by atoms with Gasteiger partial charge in [0.2, 0.25) is 0 Å². The molecule has 2 rings (SSSR count). The molecule has 0 amide bonds. The zero-order valence-corrected chi connectivity index (χ0v) is 10.8. The van der Waals surface area contributed by atoms with E-state index in [1.807, 2.05) is 0 Å². The third kappa shape index (κ3) is 2.94. The number of nitrogens with two attached hydrogens (primary N) is 1. The monoisotopic (exact) mass is 287 g/mol. The molecule has 0 saturated heterocycles. The van der Waals surface area contributed by atoms with Crippen LogP contribution in [-0.4, -0.2) is 4.98 Å². The first kappa shape index (κ1) is 12.3. The number of rotatable bonds is 2. The number of pyridine rings is 1. The number of benzene rings is 1. The normalized spacial score (nSPS) is 10.3. The molecule has 3 nitrogen and oxygen atoms in total. The Kier molecular flexibility index (Phi) is 3.62. The number of nitrogens with zero attached hydrogens (tertiary/aromatic N) is 1. The van der Waals surface area contributed by atoms with Crippen LogP contribution in [0.15, 0.2) is 30.5 Å². The first-order valence-electron chi connectivity index (χ1n) is 4.69. The highest BCUT2D eigenvalue weighted by Gasteiger charge is 2.04. The second kappa shape index (κ2) is 5.00. The van der Waals surface area contributed by atoms with Gasteiger partial charge in [-0.25, -0.2) is 4.98 Å². The number of hydrogen-bond acceptors (Lipinski definition) is 3. The topological polar surface area (TPSA) is 50.9 Å². The van der Waals surface area contributed by atoms with Crippen LogP contribution in [0.1, 0.15) is 0 Å². The van der Waals surface area contributed by atoms with Crippen molar-refractivity contribution in [3.05, 3.63) is 45.5 Å². The van der Waals surface area contributed by atoms with E-state index in [-0.39, 0.29) is 0 Å². The Morgan fingerprint density at radius 3 is 2.47 bits per heavy atom. The van der Waals surface area contributed by atoms with Gasteiger partial charge in [0.15, 0.2) is 5.82 Å². The minimum Gasteiger partial charge on any atom is -0.396 e. The van der Waals surface area contributed by atoms with Gasteiger partial charge in [-0.1, -0.05) is 34.8 Å². The molecule has 3 N–H and O–H groups in total. The highest BCUT2D eigenvalue weighted by atomic mass is 35.5. The zero-order chi connectivity index (χ0) is 12.4. The van der Waals surface area contributed by atoms with Gasteiger partial charge in [0, 0.05) is 11.9 Å². The summed E-state index contributed by atoms with van der Waals surface area (Å²) in [6, 6.07) is 6.79. The van der Waals surface area contributed by atoms with Crippen molar-refractivity contribution in [1.29, 1.82) is 0 Å². The van der Waals surface area contributed by atoms with E-state index in [4.69, 9.17) is 40.5 Å². The summed E-state index contributed by atoms with van der Waals surface area (Å²) in [7, 11) is 0. The van der Waals surface area contributed by atoms with Crippen molar-refractivity contribution in [3.63, 3.8) is 0 Å². The maximum Gasteiger partial charge on any atom is 0.153 e. The molecule has 0 aliphatic rings. The summed E-state index contributed by atoms with van der Waals surface area (Å²) in [5.41, 5.74) is 6.98. The predicted octanol–water partition coefficient (Wildman–Crippen LogP) is 4.37. The lowest BCUT2D eigenvalue weighted by Crippen LogP contribution is -1.98. The Morgan fingerprint density at radius 2 is 1.82 bits per heavy atom. The van der Waals surface area contributed by atoms with Crippen LogP contribution >= 0.6 is 34.8 Å². The molecule has 17 heavy (non-hydrogen) atoms. The average molecular weight is 289 g/mol. The van der Waals surface area contributed by atoms with E-state index in [2.05, 4.69) is 10.3 Å². The van der Waals surface area contributed by atoms with Gasteiger partial charge in [-0.2, -0.15) is 0 Å². The van der Waals surface area contributed by atoms with Gasteiger partial charge in [0.1, 0.15) is 0 Å². The van der Waals surface area contributed by atoms with Crippen LogP contribution in [0.3, 0.4) is 0 Å². The molecule has 1 aromatic heterocycles. The van der Waals surface area contributed by atoms with E-state index in [1.54, 1.807) is 24.3 Å². The number of anilines is 3. The molecule has 88 valence electrons. The molecule has 0 aliphatic heterocycles. The van der Waals surface area contributed by atoms with Crippen LogP contribution in [0.4, 0.5) is 17.2 Å². The maximum absolute atomic E-state index is 5.90. The fraction of sp³-hybridized carbons (Fsp3) is 0. The minimum absolute atomic E-state index is 0.462. The van der Waals surface area contributed by atoms with Crippen molar-refractivity contribution >= 4 is 52.0 Å². The molecular weight excluding hydrogens is 281 g/mol. The van der Waals surface area contributed by atoms with Crippen LogP contribution in [0, 0.1) is 0 Å². The zero-order valence-electron chi connectivity index (χ0n) is 8.55. The molecule has 0 spiro atoms. The van der Waals surface area contributed by atoms with Gasteiger partial charge >= 0.3 is 0 Å². The van der Waals surface area contributed by atoms with Crippen molar-refractivity contribution in [2.45, 2.75) is 0 Å². The summed E-state index contributed by atoms with van der Waals surface area (Å²) in [6.07, 6.45) is 1.51. The minimum atomic E-state index is 0.462. The predicted molar refractivity (Wildman–Crippen MR) is 73.4 cm³/mol. The van der Waals surface area contributed by atoms with E-state index >= 15 is 0 Å². The molecule has 0 saturated carbocycles. The van der Waals surface area contributed by atoms with Crippen molar-refractivity contribution in [2.75, 3.05) is 11.1 Å². The van der Waals surface area contributed by atoms with Gasteiger partial charge in [0.25, 0.3) is 0 Å². The summed E-state index contributed by atoms with van der Waals surface area (Å²) >= 11 is 17.5. The Hall–Kier alpha value is -1.16. The summed E-state index contributed by atoms with van der Waals surface area (Å²) in [4.78, 5) is 4.08. The summed E-state index contributed by atoms with van der Waals surface area (Å²) < 4.78 is 0. The molecule has 0 aliphatic carbocycles. The summed E-state index contributed by atoms with van der Waals surface area (Å²) in [5.74, 6) is 0.521. The van der Waals surface area contributed by atoms with E-state index in [0.29, 0.717) is 26.6 Å². The number of nitrogen functional groups attached to an aromatic ring is 1. The van der Waals surface area contributed by atoms with E-state index in [9.17, 15) is 0 Å². The van der Waals surface area contributed by atoms with Crippen LogP contribution in [0.2, 0.25) is 15.1 Å². The Labute approximate surface area is 114 Å². The lowest BCUT2D eigenvalue weighted by atomic mass is 10.3. The maximum atomic E-state index is 5.90. The van der Waals surface area contributed by atoms with E-state index < -0.39 is 0 Å². The van der Waals surface area contributed by atoms with Gasteiger partial charge < -0.3 is 11.1 Å². The molecule has 2 aromatic rings. The summed E-state index contributed by atoms with van der Waals surface area (Å²) in [6.45, 7) is 0. The summed E-state index contributed by atoms with van der Waals surface area (Å²) in [5, 5.41) is 4.47. The lowest BCUT2D eigenvalue weighted by Gasteiger charge is -2.09. The molecule has 0 fully saturated rings. The van der Waals surface area contributed by atoms with Crippen LogP contribution in [0.25, 0.3) is 0 Å². The Morgan fingerprint density at radius 1 is 1.06 bits per heavy atom. The van der Waals surface area contributed by atoms with E-state index in [1.165, 1.54) is 6.20 Å². The molecule has 1 heterocycles. The lowest BCUT2D eigenvalue weighted by molar-refractivity contribution is 1.31. The fourth-order valence-electron chi connectivity index (χ4n) is 1.27. The number of hydrogen-bond donors (Lipinski definition) is 2. The first-order valence-corrected chi connectivity index (χ1v) is 5.83. The third-order valence-corrected chi connectivity index (χ3v) is 3.01. The van der Waals surface area contributed by atoms with Crippen molar-refractivity contribution < 1.29 is 0 Å². The van der Waals surface area contributed by atoms with Gasteiger partial charge in [-0.3, -0.25) is 0 Å². The second-order valence-electron chi connectivity index (χ2n) is 3.35.